The molecule has 164 valence electrons. The fourth-order valence-corrected chi connectivity index (χ4v) is 4.33. The number of para-hydroxylation sites is 1. The van der Waals surface area contributed by atoms with E-state index in [0.717, 1.165) is 22.0 Å². The minimum atomic E-state index is -0.343. The lowest BCUT2D eigenvalue weighted by Crippen LogP contribution is -2.17. The number of ketones is 1. The summed E-state index contributed by atoms with van der Waals surface area (Å²) in [5.74, 6) is -0.0805. The van der Waals surface area contributed by atoms with Crippen molar-refractivity contribution in [3.8, 4) is 17.1 Å². The second-order valence-corrected chi connectivity index (χ2v) is 8.39. The van der Waals surface area contributed by atoms with Gasteiger partial charge in [0.25, 0.3) is 0 Å². The molecule has 0 aliphatic carbocycles. The highest BCUT2D eigenvalue weighted by Crippen LogP contribution is 2.36. The zero-order valence-electron chi connectivity index (χ0n) is 18.1. The standard InChI is InChI=1S/C27H20ClNO4/c1-15-11-16(2)25-19(12-15)24(31)27(26(33-25)18-8-3-5-9-21(18)28)32-14-23(30)20-13-29-22-10-6-4-7-17(20)22/h3-13,29H,14H2,1-2H3. The van der Waals surface area contributed by atoms with E-state index in [4.69, 9.17) is 20.8 Å². The molecule has 0 aliphatic rings. The van der Waals surface area contributed by atoms with Crippen LogP contribution in [0.1, 0.15) is 21.5 Å². The lowest BCUT2D eigenvalue weighted by Gasteiger charge is -2.13. The van der Waals surface area contributed by atoms with Gasteiger partial charge in [-0.3, -0.25) is 9.59 Å². The monoisotopic (exact) mass is 457 g/mol. The Balaban J connectivity index is 1.62. The predicted octanol–water partition coefficient (Wildman–Crippen LogP) is 6.47. The summed E-state index contributed by atoms with van der Waals surface area (Å²) in [7, 11) is 0. The van der Waals surface area contributed by atoms with Crippen LogP contribution in [0.15, 0.2) is 76.1 Å². The van der Waals surface area contributed by atoms with Gasteiger partial charge in [0.15, 0.2) is 12.4 Å². The van der Waals surface area contributed by atoms with Crippen LogP contribution in [0.3, 0.4) is 0 Å². The molecule has 0 amide bonds. The Labute approximate surface area is 194 Å². The largest absolute Gasteiger partial charge is 0.478 e. The summed E-state index contributed by atoms with van der Waals surface area (Å²) >= 11 is 6.42. The van der Waals surface area contributed by atoms with Crippen LogP contribution >= 0.6 is 11.6 Å². The minimum Gasteiger partial charge on any atom is -0.478 e. The molecule has 6 heteroatoms. The van der Waals surface area contributed by atoms with Crippen molar-refractivity contribution in [3.05, 3.63) is 98.8 Å². The van der Waals surface area contributed by atoms with E-state index in [0.29, 0.717) is 27.1 Å². The normalized spacial score (nSPS) is 11.2. The fourth-order valence-electron chi connectivity index (χ4n) is 4.10. The summed E-state index contributed by atoms with van der Waals surface area (Å²) in [5, 5.41) is 1.62. The Morgan fingerprint density at radius 2 is 1.79 bits per heavy atom. The average molecular weight is 458 g/mol. The van der Waals surface area contributed by atoms with Crippen LogP contribution in [0.4, 0.5) is 0 Å². The van der Waals surface area contributed by atoms with Crippen LogP contribution in [0, 0.1) is 13.8 Å². The number of H-pyrrole nitrogens is 1. The molecule has 0 aliphatic heterocycles. The third-order valence-electron chi connectivity index (χ3n) is 5.64. The van der Waals surface area contributed by atoms with E-state index < -0.39 is 0 Å². The zero-order valence-corrected chi connectivity index (χ0v) is 18.8. The molecule has 0 atom stereocenters. The first kappa shape index (κ1) is 21.0. The summed E-state index contributed by atoms with van der Waals surface area (Å²) in [5.41, 5.74) is 3.76. The molecule has 0 saturated carbocycles. The Morgan fingerprint density at radius 1 is 1.03 bits per heavy atom. The fraction of sp³-hybridized carbons (Fsp3) is 0.111. The van der Waals surface area contributed by atoms with Crippen molar-refractivity contribution in [2.45, 2.75) is 13.8 Å². The highest BCUT2D eigenvalue weighted by atomic mass is 35.5. The number of rotatable bonds is 5. The third-order valence-corrected chi connectivity index (χ3v) is 5.97. The van der Waals surface area contributed by atoms with Gasteiger partial charge in [0.2, 0.25) is 17.0 Å². The number of nitrogens with one attached hydrogen (secondary N) is 1. The Kier molecular flexibility index (Phi) is 5.27. The molecule has 0 unspecified atom stereocenters. The van der Waals surface area contributed by atoms with Crippen LogP contribution in [0.5, 0.6) is 5.75 Å². The molecular weight excluding hydrogens is 438 g/mol. The molecule has 33 heavy (non-hydrogen) atoms. The van der Waals surface area contributed by atoms with Crippen molar-refractivity contribution in [1.29, 1.82) is 0 Å². The second-order valence-electron chi connectivity index (χ2n) is 7.99. The quantitative estimate of drug-likeness (QED) is 0.307. The average Bonchev–Trinajstić information content (AvgIpc) is 3.23. The number of aromatic nitrogens is 1. The first-order valence-corrected chi connectivity index (χ1v) is 10.9. The highest BCUT2D eigenvalue weighted by molar-refractivity contribution is 6.33. The van der Waals surface area contributed by atoms with Crippen molar-refractivity contribution in [3.63, 3.8) is 0 Å². The van der Waals surface area contributed by atoms with Gasteiger partial charge in [-0.1, -0.05) is 48.0 Å². The Bertz CT molecular complexity index is 1600. The van der Waals surface area contributed by atoms with E-state index in [1.807, 2.05) is 44.2 Å². The first-order chi connectivity index (χ1) is 15.9. The van der Waals surface area contributed by atoms with Crippen molar-refractivity contribution >= 4 is 39.3 Å². The number of aromatic amines is 1. The van der Waals surface area contributed by atoms with Gasteiger partial charge in [0.05, 0.1) is 10.4 Å². The van der Waals surface area contributed by atoms with Gasteiger partial charge < -0.3 is 14.1 Å². The first-order valence-electron chi connectivity index (χ1n) is 10.5. The van der Waals surface area contributed by atoms with E-state index in [-0.39, 0.29) is 29.3 Å². The maximum atomic E-state index is 13.5. The lowest BCUT2D eigenvalue weighted by atomic mass is 10.1. The summed E-state index contributed by atoms with van der Waals surface area (Å²) in [4.78, 5) is 29.6. The molecule has 0 spiro atoms. The van der Waals surface area contributed by atoms with Gasteiger partial charge in [-0.25, -0.2) is 0 Å². The van der Waals surface area contributed by atoms with Crippen LogP contribution in [-0.2, 0) is 0 Å². The van der Waals surface area contributed by atoms with Crippen molar-refractivity contribution in [2.24, 2.45) is 0 Å². The molecule has 0 radical (unpaired) electrons. The van der Waals surface area contributed by atoms with E-state index in [2.05, 4.69) is 4.98 Å². The maximum absolute atomic E-state index is 13.5. The zero-order chi connectivity index (χ0) is 23.1. The number of benzene rings is 3. The summed E-state index contributed by atoms with van der Waals surface area (Å²) in [6.45, 7) is 3.48. The molecule has 2 heterocycles. The molecule has 2 aromatic heterocycles. The highest BCUT2D eigenvalue weighted by Gasteiger charge is 2.22. The maximum Gasteiger partial charge on any atom is 0.235 e. The number of ether oxygens (including phenoxy) is 1. The van der Waals surface area contributed by atoms with Gasteiger partial charge in [-0.2, -0.15) is 0 Å². The molecule has 1 N–H and O–H groups in total. The summed E-state index contributed by atoms with van der Waals surface area (Å²) < 4.78 is 12.1. The SMILES string of the molecule is Cc1cc(C)c2oc(-c3ccccc3Cl)c(OCC(=O)c3c[nH]c4ccccc34)c(=O)c2c1. The van der Waals surface area contributed by atoms with Crippen LogP contribution in [0.2, 0.25) is 5.02 Å². The van der Waals surface area contributed by atoms with E-state index in [9.17, 15) is 9.59 Å². The number of carbonyl (C=O) groups is 1. The molecule has 3 aromatic carbocycles. The van der Waals surface area contributed by atoms with Gasteiger partial charge in [-0.05, 0) is 49.2 Å². The lowest BCUT2D eigenvalue weighted by molar-refractivity contribution is 0.0922. The molecule has 5 aromatic rings. The molecule has 0 bridgehead atoms. The number of Topliss-reactive ketones (excluding diaryl/α,β-unsaturated/α-hetero) is 1. The number of halogens is 1. The minimum absolute atomic E-state index is 0.0335. The molecule has 5 nitrogen and oxygen atoms in total. The molecule has 5 rings (SSSR count). The smallest absolute Gasteiger partial charge is 0.235 e. The number of hydrogen-bond acceptors (Lipinski definition) is 4. The van der Waals surface area contributed by atoms with Gasteiger partial charge >= 0.3 is 0 Å². The number of aryl methyl sites for hydroxylation is 2. The van der Waals surface area contributed by atoms with Gasteiger partial charge in [0.1, 0.15) is 5.58 Å². The molecule has 0 saturated heterocycles. The van der Waals surface area contributed by atoms with Crippen LogP contribution < -0.4 is 10.2 Å². The van der Waals surface area contributed by atoms with Gasteiger partial charge in [-0.15, -0.1) is 0 Å². The Hall–Kier alpha value is -3.83. The van der Waals surface area contributed by atoms with Crippen molar-refractivity contribution in [1.82, 2.24) is 4.98 Å². The van der Waals surface area contributed by atoms with Crippen molar-refractivity contribution < 1.29 is 13.9 Å². The summed E-state index contributed by atoms with van der Waals surface area (Å²) in [6.07, 6.45) is 1.65. The van der Waals surface area contributed by atoms with Crippen LogP contribution in [-0.4, -0.2) is 17.4 Å². The topological polar surface area (TPSA) is 72.3 Å². The van der Waals surface area contributed by atoms with E-state index >= 15 is 0 Å². The second kappa shape index (κ2) is 8.26. The molecular formula is C27H20ClNO4. The Morgan fingerprint density at radius 3 is 2.61 bits per heavy atom. The number of hydrogen-bond donors (Lipinski definition) is 1. The van der Waals surface area contributed by atoms with E-state index in [1.54, 1.807) is 36.5 Å². The third kappa shape index (κ3) is 3.70. The number of fused-ring (bicyclic) bond motifs is 2. The van der Waals surface area contributed by atoms with Crippen LogP contribution in [0.25, 0.3) is 33.2 Å². The number of carbonyl (C=O) groups excluding carboxylic acids is 1. The predicted molar refractivity (Wildman–Crippen MR) is 131 cm³/mol. The summed E-state index contributed by atoms with van der Waals surface area (Å²) in [6, 6.07) is 18.3. The van der Waals surface area contributed by atoms with Gasteiger partial charge in [0, 0.05) is 28.2 Å². The molecule has 0 fully saturated rings. The van der Waals surface area contributed by atoms with E-state index in [1.165, 1.54) is 0 Å². The van der Waals surface area contributed by atoms with Crippen molar-refractivity contribution in [2.75, 3.05) is 6.61 Å².